The number of aromatic nitrogens is 3. The van der Waals surface area contributed by atoms with Gasteiger partial charge in [0.25, 0.3) is 0 Å². The molecule has 0 aliphatic carbocycles. The van der Waals surface area contributed by atoms with Crippen molar-refractivity contribution in [2.24, 2.45) is 7.05 Å². The lowest BCUT2D eigenvalue weighted by Gasteiger charge is -1.91. The fourth-order valence-electron chi connectivity index (χ4n) is 1.05. The largest absolute Gasteiger partial charge is 0.187 e. The van der Waals surface area contributed by atoms with Crippen LogP contribution in [0.3, 0.4) is 0 Å². The minimum absolute atomic E-state index is 0.618. The molecule has 0 aliphatic rings. The number of fused-ring (bicyclic) bond motifs is 1. The summed E-state index contributed by atoms with van der Waals surface area (Å²) in [6, 6.07) is 3.69. The number of hydrogen-bond acceptors (Lipinski definition) is 2. The van der Waals surface area contributed by atoms with Crippen LogP contribution in [0.4, 0.5) is 0 Å². The van der Waals surface area contributed by atoms with E-state index in [4.69, 9.17) is 11.6 Å². The van der Waals surface area contributed by atoms with Gasteiger partial charge in [0.15, 0.2) is 0 Å². The molecule has 2 rings (SSSR count). The molecule has 0 saturated heterocycles. The average Bonchev–Trinajstić information content (AvgIpc) is 2.29. The van der Waals surface area contributed by atoms with Crippen LogP contribution in [0.2, 0.25) is 5.02 Å². The summed E-state index contributed by atoms with van der Waals surface area (Å²) in [5, 5.41) is 8.85. The Morgan fingerprint density at radius 3 is 2.92 bits per heavy atom. The molecule has 3 nitrogen and oxygen atoms in total. The van der Waals surface area contributed by atoms with Crippen LogP contribution < -0.4 is 0 Å². The molecule has 0 atom stereocenters. The molecular formula is C7H5BrClN3. The zero-order valence-electron chi connectivity index (χ0n) is 6.25. The molecule has 0 amide bonds. The van der Waals surface area contributed by atoms with Gasteiger partial charge < -0.3 is 0 Å². The van der Waals surface area contributed by atoms with Gasteiger partial charge in [-0.05, 0) is 12.1 Å². The zero-order chi connectivity index (χ0) is 8.72. The van der Waals surface area contributed by atoms with E-state index in [1.807, 2.05) is 6.07 Å². The predicted octanol–water partition coefficient (Wildman–Crippen LogP) is 2.38. The van der Waals surface area contributed by atoms with Crippen molar-refractivity contribution < 1.29 is 0 Å². The summed E-state index contributed by atoms with van der Waals surface area (Å²) < 4.78 is 0.917. The summed E-state index contributed by atoms with van der Waals surface area (Å²) in [6.45, 7) is 0. The molecule has 0 bridgehead atoms. The van der Waals surface area contributed by atoms with Gasteiger partial charge in [0.2, 0.25) is 0 Å². The lowest BCUT2D eigenvalue weighted by Crippen LogP contribution is -1.90. The molecule has 0 N–H and O–H groups in total. The van der Waals surface area contributed by atoms with Gasteiger partial charge in [-0.3, -0.25) is 0 Å². The van der Waals surface area contributed by atoms with E-state index in [1.165, 1.54) is 4.80 Å². The monoisotopic (exact) mass is 245 g/mol. The molecular weight excluding hydrogens is 241 g/mol. The lowest BCUT2D eigenvalue weighted by molar-refractivity contribution is 0.665. The van der Waals surface area contributed by atoms with Crippen molar-refractivity contribution in [1.29, 1.82) is 0 Å². The Morgan fingerprint density at radius 2 is 2.17 bits per heavy atom. The van der Waals surface area contributed by atoms with Gasteiger partial charge in [-0.2, -0.15) is 15.0 Å². The van der Waals surface area contributed by atoms with E-state index >= 15 is 0 Å². The minimum Gasteiger partial charge on any atom is -0.187 e. The lowest BCUT2D eigenvalue weighted by atomic mass is 10.3. The molecule has 62 valence electrons. The van der Waals surface area contributed by atoms with Crippen molar-refractivity contribution >= 4 is 38.6 Å². The number of aryl methyl sites for hydroxylation is 1. The first-order chi connectivity index (χ1) is 5.66. The first kappa shape index (κ1) is 8.01. The highest BCUT2D eigenvalue weighted by Crippen LogP contribution is 2.24. The SMILES string of the molecule is Cn1nc2cc(Br)cc(Cl)c2n1. The maximum Gasteiger partial charge on any atom is 0.131 e. The topological polar surface area (TPSA) is 30.7 Å². The third kappa shape index (κ3) is 1.21. The molecule has 0 radical (unpaired) electrons. The van der Waals surface area contributed by atoms with Crippen molar-refractivity contribution in [3.63, 3.8) is 0 Å². The molecule has 0 saturated carbocycles. The molecule has 1 heterocycles. The van der Waals surface area contributed by atoms with Crippen LogP contribution in [0.25, 0.3) is 11.0 Å². The smallest absolute Gasteiger partial charge is 0.131 e. The van der Waals surface area contributed by atoms with E-state index in [9.17, 15) is 0 Å². The van der Waals surface area contributed by atoms with E-state index in [0.717, 1.165) is 15.5 Å². The van der Waals surface area contributed by atoms with Crippen LogP contribution in [0.1, 0.15) is 0 Å². The molecule has 12 heavy (non-hydrogen) atoms. The number of halogens is 2. The molecule has 0 spiro atoms. The summed E-state index contributed by atoms with van der Waals surface area (Å²) in [6.07, 6.45) is 0. The Hall–Kier alpha value is -0.610. The van der Waals surface area contributed by atoms with Crippen LogP contribution in [-0.4, -0.2) is 15.0 Å². The third-order valence-electron chi connectivity index (χ3n) is 1.51. The van der Waals surface area contributed by atoms with Gasteiger partial charge in [0.05, 0.1) is 5.02 Å². The second-order valence-corrected chi connectivity index (χ2v) is 3.77. The van der Waals surface area contributed by atoms with Crippen molar-refractivity contribution in [2.45, 2.75) is 0 Å². The van der Waals surface area contributed by atoms with Crippen LogP contribution in [0.15, 0.2) is 16.6 Å². The van der Waals surface area contributed by atoms with E-state index in [2.05, 4.69) is 26.1 Å². The quantitative estimate of drug-likeness (QED) is 0.714. The maximum atomic E-state index is 5.93. The van der Waals surface area contributed by atoms with Gasteiger partial charge in [-0.15, -0.1) is 0 Å². The summed E-state index contributed by atoms with van der Waals surface area (Å²) in [7, 11) is 1.77. The van der Waals surface area contributed by atoms with Crippen LogP contribution in [0.5, 0.6) is 0 Å². The second-order valence-electron chi connectivity index (χ2n) is 2.44. The van der Waals surface area contributed by atoms with Crippen molar-refractivity contribution in [3.05, 3.63) is 21.6 Å². The Kier molecular flexibility index (Phi) is 1.81. The van der Waals surface area contributed by atoms with Gasteiger partial charge in [0, 0.05) is 11.5 Å². The summed E-state index contributed by atoms with van der Waals surface area (Å²) >= 11 is 9.26. The van der Waals surface area contributed by atoms with Crippen molar-refractivity contribution in [3.8, 4) is 0 Å². The number of nitrogens with zero attached hydrogens (tertiary/aromatic N) is 3. The van der Waals surface area contributed by atoms with Crippen LogP contribution >= 0.6 is 27.5 Å². The normalized spacial score (nSPS) is 10.9. The molecule has 0 fully saturated rings. The highest BCUT2D eigenvalue weighted by Gasteiger charge is 2.05. The molecule has 0 unspecified atom stereocenters. The van der Waals surface area contributed by atoms with E-state index in [-0.39, 0.29) is 0 Å². The van der Waals surface area contributed by atoms with Gasteiger partial charge in [0.1, 0.15) is 11.0 Å². The second kappa shape index (κ2) is 2.71. The summed E-state index contributed by atoms with van der Waals surface area (Å²) in [5.74, 6) is 0. The van der Waals surface area contributed by atoms with Gasteiger partial charge in [-0.25, -0.2) is 0 Å². The fraction of sp³-hybridized carbons (Fsp3) is 0.143. The number of benzene rings is 1. The van der Waals surface area contributed by atoms with E-state index in [1.54, 1.807) is 13.1 Å². The highest BCUT2D eigenvalue weighted by atomic mass is 79.9. The maximum absolute atomic E-state index is 5.93. The molecule has 1 aromatic carbocycles. The summed E-state index contributed by atoms with van der Waals surface area (Å²) in [4.78, 5) is 1.50. The van der Waals surface area contributed by atoms with E-state index in [0.29, 0.717) is 5.02 Å². The Bertz CT molecular complexity index is 437. The Balaban J connectivity index is 2.88. The number of rotatable bonds is 0. The molecule has 2 aromatic rings. The standard InChI is InChI=1S/C7H5BrClN3/c1-12-10-6-3-4(8)2-5(9)7(6)11-12/h2-3H,1H3. The average molecular weight is 246 g/mol. The highest BCUT2D eigenvalue weighted by molar-refractivity contribution is 9.10. The van der Waals surface area contributed by atoms with E-state index < -0.39 is 0 Å². The summed E-state index contributed by atoms with van der Waals surface area (Å²) in [5.41, 5.74) is 1.54. The minimum atomic E-state index is 0.618. The van der Waals surface area contributed by atoms with Crippen molar-refractivity contribution in [2.75, 3.05) is 0 Å². The van der Waals surface area contributed by atoms with Crippen LogP contribution in [0, 0.1) is 0 Å². The van der Waals surface area contributed by atoms with Crippen molar-refractivity contribution in [1.82, 2.24) is 15.0 Å². The first-order valence-electron chi connectivity index (χ1n) is 3.33. The number of hydrogen-bond donors (Lipinski definition) is 0. The Morgan fingerprint density at radius 1 is 1.42 bits per heavy atom. The Labute approximate surface area is 82.4 Å². The van der Waals surface area contributed by atoms with Gasteiger partial charge in [-0.1, -0.05) is 27.5 Å². The molecule has 1 aromatic heterocycles. The molecule has 0 aliphatic heterocycles. The predicted molar refractivity (Wildman–Crippen MR) is 51.2 cm³/mol. The van der Waals surface area contributed by atoms with Gasteiger partial charge >= 0.3 is 0 Å². The van der Waals surface area contributed by atoms with Crippen LogP contribution in [-0.2, 0) is 7.05 Å². The third-order valence-corrected chi connectivity index (χ3v) is 2.25. The first-order valence-corrected chi connectivity index (χ1v) is 4.50. The molecule has 5 heteroatoms. The fourth-order valence-corrected chi connectivity index (χ4v) is 1.88. The zero-order valence-corrected chi connectivity index (χ0v) is 8.59.